The van der Waals surface area contributed by atoms with Crippen molar-refractivity contribution in [2.45, 2.75) is 47.9 Å². The van der Waals surface area contributed by atoms with E-state index in [4.69, 9.17) is 32.4 Å². The third kappa shape index (κ3) is 19.7. The molecule has 4 amide bonds. The Bertz CT molecular complexity index is 6820. The van der Waals surface area contributed by atoms with Gasteiger partial charge in [0.15, 0.2) is 69.1 Å². The highest BCUT2D eigenvalue weighted by Gasteiger charge is 2.43. The molecule has 12 N–H and O–H groups in total. The summed E-state index contributed by atoms with van der Waals surface area (Å²) in [7, 11) is -13.3. The number of halogens is 4. The summed E-state index contributed by atoms with van der Waals surface area (Å²) in [4.78, 5) is 92.0. The van der Waals surface area contributed by atoms with Crippen LogP contribution < -0.4 is 63.8 Å². The van der Waals surface area contributed by atoms with Crippen LogP contribution in [0.25, 0.3) is 22.6 Å². The lowest BCUT2D eigenvalue weighted by atomic mass is 10.2. The molecule has 18 heterocycles. The summed E-state index contributed by atoms with van der Waals surface area (Å²) < 4.78 is 175. The van der Waals surface area contributed by atoms with Gasteiger partial charge in [-0.3, -0.25) is 39.1 Å². The number of carbonyl (C=O) groups excluding carboxylic acids is 4. The number of amides is 4. The zero-order valence-electron chi connectivity index (χ0n) is 69.9. The molecule has 7 aliphatic rings. The third-order valence-electron chi connectivity index (χ3n) is 22.7. The number of sulfonamides is 4. The van der Waals surface area contributed by atoms with Crippen molar-refractivity contribution in [3.63, 3.8) is 0 Å². The molecule has 692 valence electrons. The van der Waals surface area contributed by atoms with E-state index in [-0.39, 0.29) is 80.0 Å². The molecule has 0 radical (unpaired) electrons. The minimum absolute atomic E-state index is 0.0181. The Kier molecular flexibility index (Phi) is 26.4. The summed E-state index contributed by atoms with van der Waals surface area (Å²) in [5.74, 6) is -5.03. The van der Waals surface area contributed by atoms with Gasteiger partial charge in [-0.05, 0) is 56.4 Å². The molecule has 6 aliphatic heterocycles. The molecule has 12 aromatic rings. The Hall–Kier alpha value is -13.4. The molecule has 6 saturated heterocycles. The van der Waals surface area contributed by atoms with Gasteiger partial charge in [-0.2, -0.15) is 17.2 Å². The van der Waals surface area contributed by atoms with Crippen molar-refractivity contribution >= 4 is 155 Å². The number of nitrogens with one attached hydrogen (secondary N) is 4. The lowest BCUT2D eigenvalue weighted by Crippen LogP contribution is -2.52. The van der Waals surface area contributed by atoms with Crippen LogP contribution in [-0.2, 0) is 49.6 Å². The van der Waals surface area contributed by atoms with E-state index in [0.717, 1.165) is 80.5 Å². The van der Waals surface area contributed by atoms with E-state index in [1.54, 1.807) is 57.7 Å². The van der Waals surface area contributed by atoms with E-state index in [0.29, 0.717) is 189 Å². The highest BCUT2D eigenvalue weighted by Crippen LogP contribution is 2.37. The number of aromatic nitrogens is 16. The van der Waals surface area contributed by atoms with Gasteiger partial charge < -0.3 is 73.3 Å². The van der Waals surface area contributed by atoms with E-state index < -0.39 is 97.5 Å². The normalized spacial score (nSPS) is 17.8. The molecule has 0 spiro atoms. The summed E-state index contributed by atoms with van der Waals surface area (Å²) in [6, 6.07) is 7.00. The number of nitrogen functional groups attached to an aromatic ring is 4. The Morgan fingerprint density at radius 3 is 0.840 bits per heavy atom. The van der Waals surface area contributed by atoms with Gasteiger partial charge in [-0.15, -0.1) is 20.4 Å². The number of carbonyl (C=O) groups is 4. The van der Waals surface area contributed by atoms with Crippen LogP contribution in [0.5, 0.6) is 0 Å². The van der Waals surface area contributed by atoms with Crippen LogP contribution in [0.4, 0.5) is 86.3 Å². The maximum Gasteiger partial charge on any atom is 0.263 e. The second-order valence-electron chi connectivity index (χ2n) is 31.0. The maximum absolute atomic E-state index is 13.5. The lowest BCUT2D eigenvalue weighted by Gasteiger charge is -2.38. The largest absolute Gasteiger partial charge is 0.381 e. The summed E-state index contributed by atoms with van der Waals surface area (Å²) in [5.41, 5.74) is 28.6. The summed E-state index contributed by atoms with van der Waals surface area (Å²) in [6.07, 6.45) is 24.8. The quantitative estimate of drug-likeness (QED) is 0.0536. The number of pyridine rings is 4. The molecular formula is C77H88F4N32O14S4. The Morgan fingerprint density at radius 1 is 0.344 bits per heavy atom. The van der Waals surface area contributed by atoms with Crippen molar-refractivity contribution in [1.82, 2.24) is 95.5 Å². The monoisotopic (exact) mass is 1890 g/mol. The second kappa shape index (κ2) is 38.0. The van der Waals surface area contributed by atoms with E-state index in [2.05, 4.69) is 81.5 Å². The predicted molar refractivity (Wildman–Crippen MR) is 471 cm³/mol. The van der Waals surface area contributed by atoms with E-state index in [9.17, 15) is 70.4 Å². The average Bonchev–Trinajstić information content (AvgIpc) is 1.67. The van der Waals surface area contributed by atoms with Crippen molar-refractivity contribution in [2.24, 2.45) is 0 Å². The van der Waals surface area contributed by atoms with Gasteiger partial charge in [0, 0.05) is 149 Å². The lowest BCUT2D eigenvalue weighted by molar-refractivity contribution is 0.0971. The number of hydrogen-bond acceptors (Lipinski definition) is 34. The molecule has 0 aromatic carbocycles. The third-order valence-corrected chi connectivity index (χ3v) is 31.1. The molecule has 131 heavy (non-hydrogen) atoms. The first-order valence-corrected chi connectivity index (χ1v) is 47.4. The first-order valence-electron chi connectivity index (χ1n) is 41.0. The number of rotatable bonds is 19. The van der Waals surface area contributed by atoms with E-state index >= 15 is 0 Å². The van der Waals surface area contributed by atoms with Gasteiger partial charge >= 0.3 is 0 Å². The zero-order valence-corrected chi connectivity index (χ0v) is 73.1. The fourth-order valence-corrected chi connectivity index (χ4v) is 22.2. The number of piperazine rings is 4. The number of fused-ring (bicyclic) bond motifs is 4. The van der Waals surface area contributed by atoms with Gasteiger partial charge in [0.05, 0.1) is 143 Å². The van der Waals surface area contributed by atoms with Crippen LogP contribution in [0.2, 0.25) is 0 Å². The first kappa shape index (κ1) is 91.0. The topological polar surface area (TPSA) is 574 Å². The van der Waals surface area contributed by atoms with Gasteiger partial charge in [0.2, 0.25) is 40.1 Å². The van der Waals surface area contributed by atoms with Crippen LogP contribution >= 0.6 is 0 Å². The maximum atomic E-state index is 13.5. The second-order valence-corrected chi connectivity index (χ2v) is 39.7. The zero-order chi connectivity index (χ0) is 92.4. The van der Waals surface area contributed by atoms with Gasteiger partial charge in [0.25, 0.3) is 23.6 Å². The van der Waals surface area contributed by atoms with E-state index in [1.165, 1.54) is 39.7 Å². The minimum atomic E-state index is -3.41. The summed E-state index contributed by atoms with van der Waals surface area (Å²) in [6.45, 7) is 8.07. The summed E-state index contributed by atoms with van der Waals surface area (Å²) in [5, 5.41) is 25.8. The number of nitrogens with two attached hydrogens (primary N) is 4. The van der Waals surface area contributed by atoms with Crippen molar-refractivity contribution in [2.75, 3.05) is 201 Å². The standard InChI is InChI=1S/C21H25FN8O4S.C20H23FN8O4S.C19H21FN8O3S.C17H19FN8O3S/c22-14-11-25-20-18(19(23)27-30(20)13-14)21(31)26-16-12-24-4-1-17(16)28-5-7-29(8-6-28)35(32,33)15-2-9-34-10-3-15;21-13-9-24-19-17(18(22)26-29(19)11-13)20(30)25-15-10-23-3-1-16(15)27-4-6-28(7-5-27)34(31,32)14-2-8-33-12-14;20-12-9-23-18-16(17(21)25-28(18)11-12)19(29)24-14-10-22-4-3-15(14)26-5-7-27(8-6-26)32(30,31)13-1-2-13;1-30(28,29)25-6-4-24(5-7-25)13-2-3-20-9-12(13)22-17(27)14-15(19)23-26-10-11(18)8-21-16(14)26/h1,4,11-13,15H,2-3,5-10H2,(H2,23,27)(H,26,31);1,3,9-11,14H,2,4-8,12H2,(H2,22,26)(H,25,30);3-4,9-11,13H,1-2,5-8H2,(H2,21,25)(H,24,29);2-3,8-10H,4-7H2,1H3,(H2,19,23)(H,22,27). The molecule has 1 unspecified atom stereocenters. The van der Waals surface area contributed by atoms with Crippen molar-refractivity contribution in [3.05, 3.63) is 169 Å². The molecule has 12 aromatic heterocycles. The van der Waals surface area contributed by atoms with Gasteiger partial charge in [-0.25, -0.2) is 89.2 Å². The molecule has 7 fully saturated rings. The average molecular weight is 1890 g/mol. The first-order chi connectivity index (χ1) is 62.8. The minimum Gasteiger partial charge on any atom is -0.381 e. The van der Waals surface area contributed by atoms with Crippen LogP contribution in [0.15, 0.2) is 123 Å². The molecule has 54 heteroatoms. The van der Waals surface area contributed by atoms with Crippen molar-refractivity contribution in [1.29, 1.82) is 0 Å². The number of ether oxygens (including phenoxy) is 2. The van der Waals surface area contributed by atoms with Crippen molar-refractivity contribution < 1.29 is 79.9 Å². The van der Waals surface area contributed by atoms with Crippen LogP contribution in [-0.4, -0.2) is 306 Å². The number of hydrogen-bond donors (Lipinski definition) is 8. The number of nitrogens with zero attached hydrogens (tertiary/aromatic N) is 24. The molecular weight excluding hydrogens is 1800 g/mol. The predicted octanol–water partition coefficient (Wildman–Crippen LogP) is 1.96. The Balaban J connectivity index is 0.000000128. The molecule has 1 atom stereocenters. The fourth-order valence-electron chi connectivity index (χ4n) is 15.9. The summed E-state index contributed by atoms with van der Waals surface area (Å²) >= 11 is 0. The Morgan fingerprint density at radius 2 is 0.588 bits per heavy atom. The van der Waals surface area contributed by atoms with Gasteiger partial charge in [-0.1, -0.05) is 0 Å². The smallest absolute Gasteiger partial charge is 0.263 e. The molecule has 0 bridgehead atoms. The highest BCUT2D eigenvalue weighted by atomic mass is 32.2. The van der Waals surface area contributed by atoms with Crippen LogP contribution in [0.3, 0.4) is 0 Å². The Labute approximate surface area is 744 Å². The van der Waals surface area contributed by atoms with E-state index in [1.807, 2.05) is 19.6 Å². The molecule has 1 aliphatic carbocycles. The SMILES string of the molecule is CS(=O)(=O)N1CCN(c2ccncc2NC(=O)c2c(N)nn3cc(F)cnc23)CC1.Nc1nn2cc(F)cnc2c1C(=O)Nc1cnccc1N1CCN(S(=O)(=O)C2CC2)CC1.Nc1nn2cc(F)cnc2c1C(=O)Nc1cnccc1N1CCN(S(=O)(=O)C2CCOC2)CC1.Nc1nn2cc(F)cnc2c1C(=O)Nc1cnccc1N1CCN(S(=O)(=O)C2CCOCC2)CC1. The van der Waals surface area contributed by atoms with Crippen LogP contribution in [0, 0.1) is 23.3 Å². The molecule has 1 saturated carbocycles. The fraction of sp³-hybridized carbons (Fsp3) is 0.377. The molecule has 46 nitrogen and oxygen atoms in total. The van der Waals surface area contributed by atoms with Crippen molar-refractivity contribution in [3.8, 4) is 0 Å². The van der Waals surface area contributed by atoms with Crippen LogP contribution in [0.1, 0.15) is 73.5 Å². The molecule has 19 rings (SSSR count). The number of anilines is 12. The van der Waals surface area contributed by atoms with Gasteiger partial charge in [0.1, 0.15) is 27.5 Å². The highest BCUT2D eigenvalue weighted by molar-refractivity contribution is 7.90.